The number of allylic oxidation sites excluding steroid dienone is 1. The number of aromatic carboxylic acids is 1. The number of carbonyl (C=O) groups is 1. The van der Waals surface area contributed by atoms with Crippen molar-refractivity contribution in [3.63, 3.8) is 0 Å². The van der Waals surface area contributed by atoms with Crippen LogP contribution in [0.25, 0.3) is 11.3 Å². The van der Waals surface area contributed by atoms with Gasteiger partial charge in [-0.05, 0) is 43.7 Å². The molecule has 1 aliphatic heterocycles. The molecule has 1 aliphatic carbocycles. The second-order valence-electron chi connectivity index (χ2n) is 7.12. The fourth-order valence-corrected chi connectivity index (χ4v) is 3.88. The fourth-order valence-electron chi connectivity index (χ4n) is 3.88. The zero-order valence-electron chi connectivity index (χ0n) is 15.0. The fraction of sp³-hybridized carbons (Fsp3) is 0.190. The van der Waals surface area contributed by atoms with Gasteiger partial charge in [-0.25, -0.2) is 9.79 Å². The van der Waals surface area contributed by atoms with Crippen LogP contribution in [0.2, 0.25) is 0 Å². The Morgan fingerprint density at radius 1 is 1.22 bits per heavy atom. The van der Waals surface area contributed by atoms with Crippen LogP contribution in [0.1, 0.15) is 46.5 Å². The molecule has 0 saturated carbocycles. The Hall–Kier alpha value is -3.59. The van der Waals surface area contributed by atoms with Gasteiger partial charge in [-0.2, -0.15) is 5.26 Å². The van der Waals surface area contributed by atoms with Crippen molar-refractivity contribution in [3.05, 3.63) is 58.1 Å². The summed E-state index contributed by atoms with van der Waals surface area (Å²) in [6.45, 7) is 4.00. The maximum atomic E-state index is 11.6. The molecule has 2 aliphatic rings. The van der Waals surface area contributed by atoms with Crippen LogP contribution in [0.5, 0.6) is 5.75 Å². The van der Waals surface area contributed by atoms with E-state index in [1.165, 1.54) is 13.2 Å². The van der Waals surface area contributed by atoms with Gasteiger partial charge in [-0.1, -0.05) is 0 Å². The molecule has 0 unspecified atom stereocenters. The summed E-state index contributed by atoms with van der Waals surface area (Å²) >= 11 is 0. The monoisotopic (exact) mass is 361 g/mol. The molecule has 0 atom stereocenters. The summed E-state index contributed by atoms with van der Waals surface area (Å²) in [5, 5.41) is 29.7. The minimum Gasteiger partial charge on any atom is -0.506 e. The summed E-state index contributed by atoms with van der Waals surface area (Å²) in [5.41, 5.74) is 4.19. The third kappa shape index (κ3) is 2.18. The number of nitriles is 1. The number of rotatable bonds is 2. The van der Waals surface area contributed by atoms with Gasteiger partial charge in [0.05, 0.1) is 35.3 Å². The van der Waals surface area contributed by atoms with Gasteiger partial charge in [0.15, 0.2) is 0 Å². The van der Waals surface area contributed by atoms with E-state index in [0.29, 0.717) is 16.7 Å². The molecule has 2 aromatic rings. The van der Waals surface area contributed by atoms with Crippen molar-refractivity contribution >= 4 is 28.7 Å². The minimum atomic E-state index is -1.12. The van der Waals surface area contributed by atoms with E-state index in [4.69, 9.17) is 10.00 Å². The highest BCUT2D eigenvalue weighted by Gasteiger charge is 2.48. The third-order valence-electron chi connectivity index (χ3n) is 5.29. The Bertz CT molecular complexity index is 1130. The minimum absolute atomic E-state index is 0.00587. The van der Waals surface area contributed by atoms with Gasteiger partial charge in [0.2, 0.25) is 11.4 Å². The van der Waals surface area contributed by atoms with Crippen LogP contribution in [-0.2, 0) is 5.41 Å². The zero-order valence-corrected chi connectivity index (χ0v) is 15.0. The maximum Gasteiger partial charge on any atom is 0.339 e. The first-order chi connectivity index (χ1) is 12.8. The Morgan fingerprint density at radius 3 is 2.59 bits per heavy atom. The Kier molecular flexibility index (Phi) is 3.40. The van der Waals surface area contributed by atoms with E-state index in [1.54, 1.807) is 24.3 Å². The average Bonchev–Trinajstić information content (AvgIpc) is 3.05. The topological polar surface area (TPSA) is 105 Å². The number of ether oxygens (including phenoxy) is 1. The molecule has 0 amide bonds. The lowest BCUT2D eigenvalue weighted by atomic mass is 9.69. The van der Waals surface area contributed by atoms with Crippen LogP contribution in [-0.4, -0.2) is 29.0 Å². The van der Waals surface area contributed by atoms with Crippen molar-refractivity contribution in [3.8, 4) is 11.8 Å². The van der Waals surface area contributed by atoms with Crippen molar-refractivity contribution < 1.29 is 24.7 Å². The van der Waals surface area contributed by atoms with Gasteiger partial charge in [0.25, 0.3) is 0 Å². The molecule has 1 heterocycles. The van der Waals surface area contributed by atoms with Crippen molar-refractivity contribution in [2.75, 3.05) is 7.11 Å². The molecule has 3 N–H and O–H groups in total. The number of methoxy groups -OCH3 is 1. The van der Waals surface area contributed by atoms with E-state index >= 15 is 0 Å². The molecule has 0 fully saturated rings. The molecule has 0 spiro atoms. The number of aliphatic hydroxyl groups excluding tert-OH is 1. The van der Waals surface area contributed by atoms with E-state index in [-0.39, 0.29) is 17.1 Å². The number of nitrogens with zero attached hydrogens (tertiary/aromatic N) is 1. The molecule has 6 heteroatoms. The number of hydrogen-bond donors (Lipinski definition) is 3. The molecular formula is C21H17N2O4+. The van der Waals surface area contributed by atoms with E-state index in [2.05, 4.69) is 11.1 Å². The van der Waals surface area contributed by atoms with Gasteiger partial charge < -0.3 is 14.9 Å². The number of fused-ring (bicyclic) bond motifs is 4. The van der Waals surface area contributed by atoms with Crippen molar-refractivity contribution in [1.29, 1.82) is 5.26 Å². The molecule has 4 rings (SSSR count). The zero-order chi connectivity index (χ0) is 19.5. The number of benzene rings is 2. The predicted octanol–water partition coefficient (Wildman–Crippen LogP) is 2.15. The highest BCUT2D eigenvalue weighted by atomic mass is 16.5. The van der Waals surface area contributed by atoms with Crippen molar-refractivity contribution in [2.45, 2.75) is 19.3 Å². The van der Waals surface area contributed by atoms with Crippen LogP contribution in [0, 0.1) is 11.3 Å². The molecule has 0 radical (unpaired) electrons. The molecule has 6 nitrogen and oxygen atoms in total. The largest absolute Gasteiger partial charge is 0.506 e. The van der Waals surface area contributed by atoms with Crippen LogP contribution < -0.4 is 9.73 Å². The Balaban J connectivity index is 2.06. The van der Waals surface area contributed by atoms with Crippen LogP contribution in [0.15, 0.2) is 30.3 Å². The van der Waals surface area contributed by atoms with E-state index in [1.807, 2.05) is 13.8 Å². The SMILES string of the molecule is COc1cc2c(cc1C(=O)O)C(O)=C1C(=[NH+]c3cc(C#N)ccc31)C2(C)C. The summed E-state index contributed by atoms with van der Waals surface area (Å²) < 4.78 is 5.26. The van der Waals surface area contributed by atoms with Crippen molar-refractivity contribution in [2.24, 2.45) is 0 Å². The molecule has 27 heavy (non-hydrogen) atoms. The summed E-state index contributed by atoms with van der Waals surface area (Å²) in [6, 6.07) is 10.5. The highest BCUT2D eigenvalue weighted by Crippen LogP contribution is 2.46. The van der Waals surface area contributed by atoms with Gasteiger partial charge in [0, 0.05) is 11.6 Å². The van der Waals surface area contributed by atoms with E-state index in [9.17, 15) is 15.0 Å². The quantitative estimate of drug-likeness (QED) is 0.760. The maximum absolute atomic E-state index is 11.6. The van der Waals surface area contributed by atoms with Crippen molar-refractivity contribution in [1.82, 2.24) is 0 Å². The first-order valence-electron chi connectivity index (χ1n) is 8.38. The second kappa shape index (κ2) is 5.45. The third-order valence-corrected chi connectivity index (χ3v) is 5.29. The van der Waals surface area contributed by atoms with Gasteiger partial charge in [0.1, 0.15) is 17.1 Å². The predicted molar refractivity (Wildman–Crippen MR) is 99.2 cm³/mol. The van der Waals surface area contributed by atoms with E-state index < -0.39 is 11.4 Å². The summed E-state index contributed by atoms with van der Waals surface area (Å²) in [5.74, 6) is -0.863. The van der Waals surface area contributed by atoms with Gasteiger partial charge in [-0.15, -0.1) is 0 Å². The lowest BCUT2D eigenvalue weighted by Crippen LogP contribution is -2.68. The van der Waals surface area contributed by atoms with Crippen LogP contribution >= 0.6 is 0 Å². The van der Waals surface area contributed by atoms with Gasteiger partial charge >= 0.3 is 5.97 Å². The number of aliphatic hydroxyl groups is 1. The standard InChI is InChI=1S/C21H16N2O4/c1-21(2)14-8-16(27-3)13(20(25)26)7-12(14)18(24)17-11-5-4-10(9-22)6-15(11)23-19(17)21/h4-8,24H,1-3H3,(H,25,26)/p+1. The molecular weight excluding hydrogens is 344 g/mol. The Morgan fingerprint density at radius 2 is 1.96 bits per heavy atom. The summed E-state index contributed by atoms with van der Waals surface area (Å²) in [6.07, 6.45) is 0. The lowest BCUT2D eigenvalue weighted by molar-refractivity contribution is -0.352. The summed E-state index contributed by atoms with van der Waals surface area (Å²) in [7, 11) is 1.42. The highest BCUT2D eigenvalue weighted by molar-refractivity contribution is 6.35. The molecule has 0 bridgehead atoms. The molecule has 0 saturated heterocycles. The first-order valence-corrected chi connectivity index (χ1v) is 8.38. The van der Waals surface area contributed by atoms with E-state index in [0.717, 1.165) is 22.5 Å². The Labute approximate surface area is 155 Å². The average molecular weight is 361 g/mol. The number of hydrogen-bond acceptors (Lipinski definition) is 4. The van der Waals surface area contributed by atoms with Crippen LogP contribution in [0.3, 0.4) is 0 Å². The second-order valence-corrected chi connectivity index (χ2v) is 7.12. The number of nitrogens with one attached hydrogen (secondary N) is 1. The first kappa shape index (κ1) is 16.9. The molecule has 0 aromatic heterocycles. The molecule has 2 aromatic carbocycles. The number of carboxylic acids is 1. The summed E-state index contributed by atoms with van der Waals surface area (Å²) in [4.78, 5) is 14.9. The number of carboxylic acid groups (broad SMARTS) is 1. The molecule has 134 valence electrons. The van der Waals surface area contributed by atoms with Crippen LogP contribution in [0.4, 0.5) is 5.69 Å². The lowest BCUT2D eigenvalue weighted by Gasteiger charge is -2.30. The van der Waals surface area contributed by atoms with Gasteiger partial charge in [-0.3, -0.25) is 0 Å². The normalized spacial score (nSPS) is 16.0. The smallest absolute Gasteiger partial charge is 0.339 e.